The van der Waals surface area contributed by atoms with E-state index in [0.717, 1.165) is 18.1 Å². The van der Waals surface area contributed by atoms with Crippen molar-refractivity contribution in [2.24, 2.45) is 0 Å². The van der Waals surface area contributed by atoms with Gasteiger partial charge in [0.25, 0.3) is 5.91 Å². The minimum absolute atomic E-state index is 0.0343. The molecule has 1 unspecified atom stereocenters. The third kappa shape index (κ3) is 3.83. The molecule has 1 aromatic heterocycles. The summed E-state index contributed by atoms with van der Waals surface area (Å²) in [7, 11) is 1.90. The second kappa shape index (κ2) is 6.90. The first kappa shape index (κ1) is 16.7. The van der Waals surface area contributed by atoms with Crippen LogP contribution >= 0.6 is 11.3 Å². The predicted molar refractivity (Wildman–Crippen MR) is 83.3 cm³/mol. The lowest BCUT2D eigenvalue weighted by molar-refractivity contribution is 0.0891. The van der Waals surface area contributed by atoms with Crippen LogP contribution in [0.4, 0.5) is 10.9 Å². The van der Waals surface area contributed by atoms with Crippen LogP contribution in [0.2, 0.25) is 0 Å². The Kier molecular flexibility index (Phi) is 5.76. The van der Waals surface area contributed by atoms with Crippen LogP contribution in [-0.4, -0.2) is 41.7 Å². The quantitative estimate of drug-likeness (QED) is 0.709. The summed E-state index contributed by atoms with van der Waals surface area (Å²) in [4.78, 5) is 18.9. The summed E-state index contributed by atoms with van der Waals surface area (Å²) in [6.45, 7) is 6.73. The zero-order chi connectivity index (χ0) is 15.3. The van der Waals surface area contributed by atoms with Gasteiger partial charge in [0.15, 0.2) is 5.13 Å². The van der Waals surface area contributed by atoms with Crippen LogP contribution in [0.15, 0.2) is 0 Å². The number of nitrogens with zero attached hydrogens (tertiary/aromatic N) is 2. The molecule has 0 radical (unpaired) electrons. The summed E-state index contributed by atoms with van der Waals surface area (Å²) in [5, 5.41) is 12.8. The SMILES string of the molecule is CCN(C)c1nc(N)c(C(=O)NC(C)(CC)CCO)s1. The lowest BCUT2D eigenvalue weighted by atomic mass is 9.95. The number of nitrogens with one attached hydrogen (secondary N) is 1. The lowest BCUT2D eigenvalue weighted by Gasteiger charge is -2.28. The van der Waals surface area contributed by atoms with E-state index in [1.54, 1.807) is 0 Å². The highest BCUT2D eigenvalue weighted by molar-refractivity contribution is 7.18. The first-order valence-electron chi connectivity index (χ1n) is 6.77. The van der Waals surface area contributed by atoms with Gasteiger partial charge in [-0.1, -0.05) is 18.3 Å². The highest BCUT2D eigenvalue weighted by Gasteiger charge is 2.27. The zero-order valence-electron chi connectivity index (χ0n) is 12.6. The highest BCUT2D eigenvalue weighted by Crippen LogP contribution is 2.28. The number of hydrogen-bond donors (Lipinski definition) is 3. The van der Waals surface area contributed by atoms with E-state index in [9.17, 15) is 4.79 Å². The van der Waals surface area contributed by atoms with Gasteiger partial charge in [-0.2, -0.15) is 0 Å². The number of aliphatic hydroxyl groups excluding tert-OH is 1. The number of anilines is 2. The molecule has 4 N–H and O–H groups in total. The van der Waals surface area contributed by atoms with Gasteiger partial charge in [0.05, 0.1) is 0 Å². The monoisotopic (exact) mass is 300 g/mol. The normalized spacial score (nSPS) is 13.8. The largest absolute Gasteiger partial charge is 0.396 e. The number of carbonyl (C=O) groups is 1. The second-order valence-electron chi connectivity index (χ2n) is 5.07. The average Bonchev–Trinajstić information content (AvgIpc) is 2.80. The molecular formula is C13H24N4O2S. The Labute approximate surface area is 124 Å². The van der Waals surface area contributed by atoms with E-state index in [1.165, 1.54) is 11.3 Å². The fourth-order valence-corrected chi connectivity index (χ4v) is 2.59. The number of aromatic nitrogens is 1. The molecular weight excluding hydrogens is 276 g/mol. The summed E-state index contributed by atoms with van der Waals surface area (Å²) >= 11 is 1.28. The fourth-order valence-electron chi connectivity index (χ4n) is 1.69. The summed E-state index contributed by atoms with van der Waals surface area (Å²) < 4.78 is 0. The van der Waals surface area contributed by atoms with E-state index in [1.807, 2.05) is 32.7 Å². The molecule has 0 aliphatic rings. The van der Waals surface area contributed by atoms with Crippen molar-refractivity contribution in [1.82, 2.24) is 10.3 Å². The van der Waals surface area contributed by atoms with E-state index >= 15 is 0 Å². The number of amides is 1. The van der Waals surface area contributed by atoms with E-state index in [-0.39, 0.29) is 18.3 Å². The molecule has 1 heterocycles. The van der Waals surface area contributed by atoms with Crippen LogP contribution in [0.1, 0.15) is 43.3 Å². The van der Waals surface area contributed by atoms with Crippen LogP contribution < -0.4 is 16.0 Å². The van der Waals surface area contributed by atoms with Crippen molar-refractivity contribution in [3.63, 3.8) is 0 Å². The molecule has 0 fully saturated rings. The molecule has 1 atom stereocenters. The maximum absolute atomic E-state index is 12.3. The van der Waals surface area contributed by atoms with Crippen LogP contribution in [-0.2, 0) is 0 Å². The van der Waals surface area contributed by atoms with Gasteiger partial charge in [0.2, 0.25) is 0 Å². The van der Waals surface area contributed by atoms with Gasteiger partial charge in [0, 0.05) is 25.7 Å². The Bertz CT molecular complexity index is 463. The Morgan fingerprint density at radius 1 is 1.55 bits per heavy atom. The summed E-state index contributed by atoms with van der Waals surface area (Å²) in [5.74, 6) is 0.0267. The summed E-state index contributed by atoms with van der Waals surface area (Å²) in [6.07, 6.45) is 1.25. The molecule has 1 rings (SSSR count). The van der Waals surface area contributed by atoms with Crippen molar-refractivity contribution in [3.8, 4) is 0 Å². The lowest BCUT2D eigenvalue weighted by Crippen LogP contribution is -2.46. The van der Waals surface area contributed by atoms with Crippen LogP contribution in [0.25, 0.3) is 0 Å². The number of nitrogen functional groups attached to an aromatic ring is 1. The molecule has 0 bridgehead atoms. The van der Waals surface area contributed by atoms with Crippen molar-refractivity contribution in [2.45, 2.75) is 39.2 Å². The fraction of sp³-hybridized carbons (Fsp3) is 0.692. The first-order valence-corrected chi connectivity index (χ1v) is 7.59. The van der Waals surface area contributed by atoms with E-state index in [2.05, 4.69) is 10.3 Å². The van der Waals surface area contributed by atoms with Gasteiger partial charge >= 0.3 is 0 Å². The standard InChI is InChI=1S/C13H24N4O2S/c1-5-13(3,7-8-18)16-11(19)9-10(14)15-12(20-9)17(4)6-2/h18H,5-8,14H2,1-4H3,(H,16,19). The molecule has 1 aromatic rings. The Morgan fingerprint density at radius 3 is 2.70 bits per heavy atom. The Morgan fingerprint density at radius 2 is 2.20 bits per heavy atom. The average molecular weight is 300 g/mol. The van der Waals surface area contributed by atoms with Gasteiger partial charge in [-0.05, 0) is 26.7 Å². The number of thiazole rings is 1. The summed E-state index contributed by atoms with van der Waals surface area (Å²) in [6, 6.07) is 0. The minimum atomic E-state index is -0.431. The molecule has 114 valence electrons. The molecule has 0 aliphatic carbocycles. The van der Waals surface area contributed by atoms with Crippen LogP contribution in [0.3, 0.4) is 0 Å². The Hall–Kier alpha value is -1.34. The van der Waals surface area contributed by atoms with Crippen LogP contribution in [0.5, 0.6) is 0 Å². The van der Waals surface area contributed by atoms with Crippen molar-refractivity contribution in [1.29, 1.82) is 0 Å². The number of nitrogens with two attached hydrogens (primary N) is 1. The molecule has 0 saturated carbocycles. The van der Waals surface area contributed by atoms with Gasteiger partial charge in [-0.25, -0.2) is 4.98 Å². The molecule has 0 aliphatic heterocycles. The number of aliphatic hydroxyl groups is 1. The van der Waals surface area contributed by atoms with Crippen molar-refractivity contribution >= 4 is 28.2 Å². The maximum Gasteiger partial charge on any atom is 0.265 e. The zero-order valence-corrected chi connectivity index (χ0v) is 13.4. The first-order chi connectivity index (χ1) is 9.36. The van der Waals surface area contributed by atoms with Crippen molar-refractivity contribution < 1.29 is 9.90 Å². The third-order valence-electron chi connectivity index (χ3n) is 3.51. The number of hydrogen-bond acceptors (Lipinski definition) is 6. The molecule has 0 aromatic carbocycles. The molecule has 20 heavy (non-hydrogen) atoms. The molecule has 6 nitrogen and oxygen atoms in total. The van der Waals surface area contributed by atoms with Gasteiger partial charge < -0.3 is 21.1 Å². The molecule has 0 spiro atoms. The maximum atomic E-state index is 12.3. The second-order valence-corrected chi connectivity index (χ2v) is 6.04. The van der Waals surface area contributed by atoms with Crippen LogP contribution in [0, 0.1) is 0 Å². The molecule has 1 amide bonds. The van der Waals surface area contributed by atoms with E-state index in [4.69, 9.17) is 10.8 Å². The van der Waals surface area contributed by atoms with E-state index in [0.29, 0.717) is 11.3 Å². The number of carbonyl (C=O) groups excluding carboxylic acids is 1. The smallest absolute Gasteiger partial charge is 0.265 e. The van der Waals surface area contributed by atoms with E-state index < -0.39 is 5.54 Å². The predicted octanol–water partition coefficient (Wildman–Crippen LogP) is 1.46. The number of rotatable bonds is 7. The third-order valence-corrected chi connectivity index (χ3v) is 4.69. The summed E-state index contributed by atoms with van der Waals surface area (Å²) in [5.41, 5.74) is 5.40. The minimum Gasteiger partial charge on any atom is -0.396 e. The van der Waals surface area contributed by atoms with Crippen molar-refractivity contribution in [3.05, 3.63) is 4.88 Å². The molecule has 0 saturated heterocycles. The Balaban J connectivity index is 2.89. The van der Waals surface area contributed by atoms with Gasteiger partial charge in [0.1, 0.15) is 10.7 Å². The van der Waals surface area contributed by atoms with Crippen molar-refractivity contribution in [2.75, 3.05) is 30.8 Å². The van der Waals surface area contributed by atoms with Gasteiger partial charge in [-0.15, -0.1) is 0 Å². The topological polar surface area (TPSA) is 91.5 Å². The molecule has 7 heteroatoms. The highest BCUT2D eigenvalue weighted by atomic mass is 32.1. The van der Waals surface area contributed by atoms with Gasteiger partial charge in [-0.3, -0.25) is 4.79 Å².